The molecular formula is C20H25N2O6+. The third-order valence-electron chi connectivity index (χ3n) is 3.15. The van der Waals surface area contributed by atoms with Gasteiger partial charge in [-0.2, -0.15) is 0 Å². The molecule has 28 heavy (non-hydrogen) atoms. The largest absolute Gasteiger partial charge is 0.514 e. The Kier molecular flexibility index (Phi) is 5.92. The van der Waals surface area contributed by atoms with E-state index in [1.54, 1.807) is 59.9 Å². The van der Waals surface area contributed by atoms with Gasteiger partial charge in [-0.3, -0.25) is 4.79 Å². The highest BCUT2D eigenvalue weighted by molar-refractivity contribution is 5.68. The number of ether oxygens (including phenoxy) is 3. The number of carbonyl (C=O) groups is 2. The van der Waals surface area contributed by atoms with Crippen LogP contribution in [0, 0.1) is 0 Å². The molecule has 0 radical (unpaired) electrons. The van der Waals surface area contributed by atoms with E-state index in [9.17, 15) is 14.4 Å². The number of benzene rings is 1. The van der Waals surface area contributed by atoms with E-state index in [0.717, 1.165) is 4.68 Å². The lowest BCUT2D eigenvalue weighted by atomic mass is 10.2. The molecule has 0 atom stereocenters. The quantitative estimate of drug-likeness (QED) is 0.445. The first-order valence-electron chi connectivity index (χ1n) is 8.74. The molecule has 0 aliphatic rings. The molecule has 0 spiro atoms. The van der Waals surface area contributed by atoms with Gasteiger partial charge in [0.05, 0.1) is 0 Å². The van der Waals surface area contributed by atoms with Gasteiger partial charge >= 0.3 is 17.8 Å². The summed E-state index contributed by atoms with van der Waals surface area (Å²) in [7, 11) is 0. The summed E-state index contributed by atoms with van der Waals surface area (Å²) >= 11 is 0. The molecule has 8 heteroatoms. The Morgan fingerprint density at radius 2 is 1.46 bits per heavy atom. The second-order valence-corrected chi connectivity index (χ2v) is 8.04. The van der Waals surface area contributed by atoms with Gasteiger partial charge in [0, 0.05) is 28.9 Å². The minimum absolute atomic E-state index is 0.265. The number of nitrogens with zero attached hydrogens (tertiary/aromatic N) is 2. The standard InChI is InChI=1S/C20H25N2O6/c1-19(2,3)27-17(24)22-16(23)8-7-13-21(22)14-9-11-15(12-10-14)26-18(25)28-20(4,5)6/h7-13H,1-6H3/q+1. The number of carbonyl (C=O) groups excluding carboxylic acids is 2. The van der Waals surface area contributed by atoms with Gasteiger partial charge in [-0.05, 0) is 53.7 Å². The van der Waals surface area contributed by atoms with E-state index < -0.39 is 29.0 Å². The highest BCUT2D eigenvalue weighted by Crippen LogP contribution is 2.15. The van der Waals surface area contributed by atoms with Crippen LogP contribution in [0.1, 0.15) is 41.5 Å². The van der Waals surface area contributed by atoms with Crippen molar-refractivity contribution in [1.29, 1.82) is 0 Å². The zero-order chi connectivity index (χ0) is 21.1. The predicted molar refractivity (Wildman–Crippen MR) is 101 cm³/mol. The number of rotatable bonds is 2. The van der Waals surface area contributed by atoms with Crippen molar-refractivity contribution in [2.45, 2.75) is 52.7 Å². The maximum Gasteiger partial charge on any atom is 0.514 e. The van der Waals surface area contributed by atoms with Crippen molar-refractivity contribution < 1.29 is 28.5 Å². The molecule has 150 valence electrons. The van der Waals surface area contributed by atoms with Crippen LogP contribution < -0.4 is 15.0 Å². The van der Waals surface area contributed by atoms with E-state index >= 15 is 0 Å². The van der Waals surface area contributed by atoms with Crippen LogP contribution >= 0.6 is 0 Å². The fraction of sp³-hybridized carbons (Fsp3) is 0.400. The summed E-state index contributed by atoms with van der Waals surface area (Å²) in [5, 5.41) is 0. The van der Waals surface area contributed by atoms with E-state index in [1.807, 2.05) is 0 Å². The van der Waals surface area contributed by atoms with E-state index in [2.05, 4.69) is 0 Å². The number of aromatic nitrogens is 2. The summed E-state index contributed by atoms with van der Waals surface area (Å²) < 4.78 is 17.8. The van der Waals surface area contributed by atoms with Crippen LogP contribution in [0.4, 0.5) is 9.59 Å². The van der Waals surface area contributed by atoms with Gasteiger partial charge in [-0.15, -0.1) is 0 Å². The number of hydrogen-bond donors (Lipinski definition) is 0. The summed E-state index contributed by atoms with van der Waals surface area (Å²) in [6, 6.07) is 9.04. The Bertz CT molecular complexity index is 917. The van der Waals surface area contributed by atoms with Crippen LogP contribution in [-0.4, -0.2) is 28.1 Å². The Labute approximate surface area is 163 Å². The van der Waals surface area contributed by atoms with Crippen molar-refractivity contribution in [3.05, 3.63) is 52.9 Å². The Morgan fingerprint density at radius 1 is 0.893 bits per heavy atom. The third kappa shape index (κ3) is 5.94. The minimum Gasteiger partial charge on any atom is -0.440 e. The van der Waals surface area contributed by atoms with E-state index in [0.29, 0.717) is 5.69 Å². The minimum atomic E-state index is -0.821. The van der Waals surface area contributed by atoms with Gasteiger partial charge < -0.3 is 14.2 Å². The zero-order valence-corrected chi connectivity index (χ0v) is 16.9. The van der Waals surface area contributed by atoms with Crippen molar-refractivity contribution in [2.24, 2.45) is 0 Å². The van der Waals surface area contributed by atoms with Crippen molar-refractivity contribution >= 4 is 12.2 Å². The van der Waals surface area contributed by atoms with E-state index in [1.165, 1.54) is 28.9 Å². The Morgan fingerprint density at radius 3 is 2.00 bits per heavy atom. The molecule has 0 aliphatic carbocycles. The van der Waals surface area contributed by atoms with Crippen LogP contribution in [0.25, 0.3) is 5.69 Å². The second kappa shape index (κ2) is 7.84. The summed E-state index contributed by atoms with van der Waals surface area (Å²) in [6.45, 7) is 10.3. The molecule has 0 unspecified atom stereocenters. The first-order valence-corrected chi connectivity index (χ1v) is 8.74. The van der Waals surface area contributed by atoms with Gasteiger partial charge in [-0.1, -0.05) is 4.68 Å². The van der Waals surface area contributed by atoms with Gasteiger partial charge in [0.2, 0.25) is 11.9 Å². The molecule has 2 rings (SSSR count). The van der Waals surface area contributed by atoms with Crippen LogP contribution in [-0.2, 0) is 9.47 Å². The first kappa shape index (κ1) is 21.1. The molecule has 1 aromatic heterocycles. The molecule has 0 fully saturated rings. The first-order chi connectivity index (χ1) is 12.9. The highest BCUT2D eigenvalue weighted by atomic mass is 16.7. The summed E-state index contributed by atoms with van der Waals surface area (Å²) in [6.07, 6.45) is -0.0693. The molecule has 2 aromatic rings. The zero-order valence-electron chi connectivity index (χ0n) is 16.9. The van der Waals surface area contributed by atoms with Gasteiger partial charge in [-0.25, -0.2) is 9.59 Å². The van der Waals surface area contributed by atoms with Gasteiger partial charge in [0.15, 0.2) is 0 Å². The predicted octanol–water partition coefficient (Wildman–Crippen LogP) is 3.22. The Hall–Kier alpha value is -3.16. The molecule has 8 nitrogen and oxygen atoms in total. The summed E-state index contributed by atoms with van der Waals surface area (Å²) in [4.78, 5) is 36.4. The van der Waals surface area contributed by atoms with Crippen molar-refractivity contribution in [1.82, 2.24) is 4.68 Å². The van der Waals surface area contributed by atoms with Gasteiger partial charge in [0.1, 0.15) is 17.0 Å². The topological polar surface area (TPSA) is 87.7 Å². The SMILES string of the molecule is CC(C)(C)OC(=O)Oc1ccc(-[n+]2cccc(=O)n2C(=O)OC(C)(C)C)cc1. The fourth-order valence-corrected chi connectivity index (χ4v) is 2.17. The van der Waals surface area contributed by atoms with Crippen molar-refractivity contribution in [3.63, 3.8) is 0 Å². The lowest BCUT2D eigenvalue weighted by molar-refractivity contribution is -0.679. The molecule has 0 amide bonds. The molecule has 0 saturated carbocycles. The maximum absolute atomic E-state index is 12.5. The fourth-order valence-electron chi connectivity index (χ4n) is 2.17. The number of hydrogen-bond acceptors (Lipinski definition) is 6. The van der Waals surface area contributed by atoms with Crippen molar-refractivity contribution in [2.75, 3.05) is 0 Å². The molecule has 0 bridgehead atoms. The third-order valence-corrected chi connectivity index (χ3v) is 3.15. The van der Waals surface area contributed by atoms with Crippen molar-refractivity contribution in [3.8, 4) is 11.4 Å². The van der Waals surface area contributed by atoms with E-state index in [4.69, 9.17) is 14.2 Å². The normalized spacial score (nSPS) is 11.6. The molecule has 0 aliphatic heterocycles. The smallest absolute Gasteiger partial charge is 0.440 e. The lowest BCUT2D eigenvalue weighted by Gasteiger charge is -2.19. The summed E-state index contributed by atoms with van der Waals surface area (Å²) in [5.74, 6) is 0.265. The Balaban J connectivity index is 2.29. The van der Waals surface area contributed by atoms with E-state index in [-0.39, 0.29) is 5.75 Å². The molecule has 0 saturated heterocycles. The monoisotopic (exact) mass is 389 g/mol. The molecule has 0 N–H and O–H groups in total. The van der Waals surface area contributed by atoms with Crippen LogP contribution in [0.2, 0.25) is 0 Å². The molecule has 1 aromatic carbocycles. The average Bonchev–Trinajstić information content (AvgIpc) is 2.51. The van der Waals surface area contributed by atoms with Gasteiger partial charge in [0.25, 0.3) is 0 Å². The second-order valence-electron chi connectivity index (χ2n) is 8.04. The average molecular weight is 389 g/mol. The lowest BCUT2D eigenvalue weighted by Crippen LogP contribution is -2.53. The van der Waals surface area contributed by atoms with Crippen LogP contribution in [0.5, 0.6) is 5.75 Å². The van der Waals surface area contributed by atoms with Crippen LogP contribution in [0.15, 0.2) is 47.4 Å². The summed E-state index contributed by atoms with van der Waals surface area (Å²) in [5.41, 5.74) is -1.46. The highest BCUT2D eigenvalue weighted by Gasteiger charge is 2.26. The molecular weight excluding hydrogens is 364 g/mol. The maximum atomic E-state index is 12.5. The molecule has 1 heterocycles. The van der Waals surface area contributed by atoms with Crippen LogP contribution in [0.3, 0.4) is 0 Å².